The van der Waals surface area contributed by atoms with Crippen molar-refractivity contribution in [3.8, 4) is 0 Å². The van der Waals surface area contributed by atoms with Gasteiger partial charge in [-0.2, -0.15) is 22.0 Å². The van der Waals surface area contributed by atoms with E-state index >= 15 is 0 Å². The van der Waals surface area contributed by atoms with Gasteiger partial charge < -0.3 is 9.47 Å². The first-order chi connectivity index (χ1) is 6.39. The van der Waals surface area contributed by atoms with E-state index in [0.717, 1.165) is 6.26 Å². The van der Waals surface area contributed by atoms with Gasteiger partial charge in [-0.25, -0.2) is 0 Å². The van der Waals surface area contributed by atoms with Crippen LogP contribution in [0.3, 0.4) is 0 Å². The fourth-order valence-electron chi connectivity index (χ4n) is 0.438. The largest absolute Gasteiger partial charge is 0.498 e. The summed E-state index contributed by atoms with van der Waals surface area (Å²) in [6, 6.07) is -2.30. The zero-order valence-electron chi connectivity index (χ0n) is 6.90. The quantitative estimate of drug-likeness (QED) is 0.401. The summed E-state index contributed by atoms with van der Waals surface area (Å²) in [7, 11) is 0. The molecular formula is C7H7F5O2. The Kier molecular flexibility index (Phi) is 4.96. The van der Waals surface area contributed by atoms with Crippen LogP contribution < -0.4 is 0 Å². The van der Waals surface area contributed by atoms with Crippen LogP contribution in [0, 0.1) is 0 Å². The molecule has 0 aromatic carbocycles. The van der Waals surface area contributed by atoms with Gasteiger partial charge in [0.15, 0.2) is 0 Å². The standard InChI is InChI=1S/C7H7F5O2/c1-2-13-3-4-14-6(9)5(8)7(10,11)12/h2H,1,3-4H2. The summed E-state index contributed by atoms with van der Waals surface area (Å²) in [5.41, 5.74) is 0. The summed E-state index contributed by atoms with van der Waals surface area (Å²) in [5, 5.41) is 0. The van der Waals surface area contributed by atoms with E-state index in [9.17, 15) is 22.0 Å². The van der Waals surface area contributed by atoms with Crippen LogP contribution in [-0.2, 0) is 9.47 Å². The molecule has 0 aliphatic rings. The minimum atomic E-state index is -5.37. The van der Waals surface area contributed by atoms with E-state index < -0.39 is 24.6 Å². The Balaban J connectivity index is 4.04. The van der Waals surface area contributed by atoms with Crippen LogP contribution in [0.15, 0.2) is 24.7 Å². The van der Waals surface area contributed by atoms with Crippen molar-refractivity contribution in [3.05, 3.63) is 24.7 Å². The maximum Gasteiger partial charge on any atom is 0.449 e. The van der Waals surface area contributed by atoms with Crippen LogP contribution in [0.5, 0.6) is 0 Å². The van der Waals surface area contributed by atoms with Crippen LogP contribution in [0.25, 0.3) is 0 Å². The third kappa shape index (κ3) is 4.68. The molecule has 0 amide bonds. The minimum absolute atomic E-state index is 0.220. The fourth-order valence-corrected chi connectivity index (χ4v) is 0.438. The molecule has 0 atom stereocenters. The first-order valence-corrected chi connectivity index (χ1v) is 3.37. The number of rotatable bonds is 5. The molecule has 0 N–H and O–H groups in total. The van der Waals surface area contributed by atoms with Gasteiger partial charge in [0.2, 0.25) is 0 Å². The summed E-state index contributed by atoms with van der Waals surface area (Å²) in [5.74, 6) is -2.89. The molecule has 0 heterocycles. The van der Waals surface area contributed by atoms with E-state index in [-0.39, 0.29) is 6.61 Å². The van der Waals surface area contributed by atoms with Crippen molar-refractivity contribution in [3.63, 3.8) is 0 Å². The lowest BCUT2D eigenvalue weighted by atomic mass is 10.5. The van der Waals surface area contributed by atoms with E-state index in [2.05, 4.69) is 16.1 Å². The maximum absolute atomic E-state index is 12.2. The van der Waals surface area contributed by atoms with Gasteiger partial charge >= 0.3 is 12.2 Å². The van der Waals surface area contributed by atoms with E-state index in [1.807, 2.05) is 0 Å². The van der Waals surface area contributed by atoms with Crippen LogP contribution in [0.4, 0.5) is 22.0 Å². The minimum Gasteiger partial charge on any atom is -0.498 e. The van der Waals surface area contributed by atoms with E-state index in [1.54, 1.807) is 0 Å². The highest BCUT2D eigenvalue weighted by atomic mass is 19.4. The number of hydrogen-bond donors (Lipinski definition) is 0. The van der Waals surface area contributed by atoms with Gasteiger partial charge in [-0.1, -0.05) is 6.58 Å². The predicted molar refractivity (Wildman–Crippen MR) is 37.4 cm³/mol. The number of hydrogen-bond acceptors (Lipinski definition) is 2. The van der Waals surface area contributed by atoms with Crippen molar-refractivity contribution >= 4 is 0 Å². The number of halogens is 5. The molecule has 0 aromatic heterocycles. The van der Waals surface area contributed by atoms with Crippen molar-refractivity contribution < 1.29 is 31.4 Å². The Bertz CT molecular complexity index is 221. The van der Waals surface area contributed by atoms with Crippen LogP contribution in [0.1, 0.15) is 0 Å². The fraction of sp³-hybridized carbons (Fsp3) is 0.429. The highest BCUT2D eigenvalue weighted by Gasteiger charge is 2.39. The Morgan fingerprint density at radius 1 is 1.21 bits per heavy atom. The zero-order valence-corrected chi connectivity index (χ0v) is 6.90. The SMILES string of the molecule is C=COCCOC(F)=C(F)C(F)(F)F. The second-order valence-corrected chi connectivity index (χ2v) is 1.97. The smallest absolute Gasteiger partial charge is 0.449 e. The van der Waals surface area contributed by atoms with E-state index in [4.69, 9.17) is 0 Å². The molecule has 0 spiro atoms. The summed E-state index contributed by atoms with van der Waals surface area (Å²) < 4.78 is 66.8. The molecular weight excluding hydrogens is 211 g/mol. The van der Waals surface area contributed by atoms with Gasteiger partial charge in [0.25, 0.3) is 5.83 Å². The van der Waals surface area contributed by atoms with Crippen LogP contribution in [-0.4, -0.2) is 19.4 Å². The average Bonchev–Trinajstić information content (AvgIpc) is 2.09. The van der Waals surface area contributed by atoms with Gasteiger partial charge in [-0.05, 0) is 0 Å². The summed E-state index contributed by atoms with van der Waals surface area (Å²) in [6.45, 7) is 2.35. The maximum atomic E-state index is 12.2. The molecule has 0 aliphatic carbocycles. The summed E-state index contributed by atoms with van der Waals surface area (Å²) >= 11 is 0. The molecule has 0 saturated carbocycles. The molecule has 2 nitrogen and oxygen atoms in total. The van der Waals surface area contributed by atoms with Crippen molar-refractivity contribution in [2.24, 2.45) is 0 Å². The number of ether oxygens (including phenoxy) is 2. The van der Waals surface area contributed by atoms with E-state index in [0.29, 0.717) is 0 Å². The van der Waals surface area contributed by atoms with E-state index in [1.165, 1.54) is 0 Å². The van der Waals surface area contributed by atoms with Gasteiger partial charge in [0.1, 0.15) is 13.2 Å². The van der Waals surface area contributed by atoms with Gasteiger partial charge in [0.05, 0.1) is 6.26 Å². The third-order valence-corrected chi connectivity index (χ3v) is 0.969. The van der Waals surface area contributed by atoms with Gasteiger partial charge in [0, 0.05) is 0 Å². The Morgan fingerprint density at radius 2 is 1.79 bits per heavy atom. The first-order valence-electron chi connectivity index (χ1n) is 3.37. The lowest BCUT2D eigenvalue weighted by molar-refractivity contribution is -0.116. The van der Waals surface area contributed by atoms with Gasteiger partial charge in [-0.3, -0.25) is 0 Å². The molecule has 0 bridgehead atoms. The summed E-state index contributed by atoms with van der Waals surface area (Å²) in [6.07, 6.45) is -4.38. The second-order valence-electron chi connectivity index (χ2n) is 1.97. The normalized spacial score (nSPS) is 13.2. The molecule has 14 heavy (non-hydrogen) atoms. The number of alkyl halides is 3. The van der Waals surface area contributed by atoms with Crippen molar-refractivity contribution in [2.75, 3.05) is 13.2 Å². The molecule has 0 saturated heterocycles. The molecule has 0 radical (unpaired) electrons. The lowest BCUT2D eigenvalue weighted by Gasteiger charge is -2.06. The lowest BCUT2D eigenvalue weighted by Crippen LogP contribution is -2.11. The molecule has 0 unspecified atom stereocenters. The third-order valence-electron chi connectivity index (χ3n) is 0.969. The Labute approximate surface area is 76.6 Å². The first kappa shape index (κ1) is 12.7. The molecule has 82 valence electrons. The zero-order chi connectivity index (χ0) is 11.2. The highest BCUT2D eigenvalue weighted by molar-refractivity contribution is 4.99. The highest BCUT2D eigenvalue weighted by Crippen LogP contribution is 2.29. The topological polar surface area (TPSA) is 18.5 Å². The Hall–Kier alpha value is -1.27. The monoisotopic (exact) mass is 218 g/mol. The molecule has 0 rings (SSSR count). The molecule has 7 heteroatoms. The molecule has 0 aromatic rings. The van der Waals surface area contributed by atoms with Crippen molar-refractivity contribution in [2.45, 2.75) is 6.18 Å². The van der Waals surface area contributed by atoms with Crippen LogP contribution in [0.2, 0.25) is 0 Å². The Morgan fingerprint density at radius 3 is 2.21 bits per heavy atom. The van der Waals surface area contributed by atoms with Crippen molar-refractivity contribution in [1.82, 2.24) is 0 Å². The van der Waals surface area contributed by atoms with Crippen LogP contribution >= 0.6 is 0 Å². The van der Waals surface area contributed by atoms with Crippen molar-refractivity contribution in [1.29, 1.82) is 0 Å². The second kappa shape index (κ2) is 5.46. The summed E-state index contributed by atoms with van der Waals surface area (Å²) in [4.78, 5) is 0. The predicted octanol–water partition coefficient (Wildman–Crippen LogP) is 2.83. The average molecular weight is 218 g/mol. The van der Waals surface area contributed by atoms with Gasteiger partial charge in [-0.15, -0.1) is 0 Å². The number of allylic oxidation sites excluding steroid dienone is 1. The molecule has 0 fully saturated rings. The molecule has 0 aliphatic heterocycles.